The lowest BCUT2D eigenvalue weighted by atomic mass is 10.2. The van der Waals surface area contributed by atoms with Crippen LogP contribution in [0.3, 0.4) is 0 Å². The Kier molecular flexibility index (Phi) is 2.62. The monoisotopic (exact) mass is 217 g/mol. The van der Waals surface area contributed by atoms with E-state index in [1.807, 2.05) is 0 Å². The first-order chi connectivity index (χ1) is 7.74. The van der Waals surface area contributed by atoms with Crippen LogP contribution in [0.25, 0.3) is 5.69 Å². The lowest BCUT2D eigenvalue weighted by Crippen LogP contribution is -2.02. The van der Waals surface area contributed by atoms with Gasteiger partial charge in [0.25, 0.3) is 5.82 Å². The van der Waals surface area contributed by atoms with Gasteiger partial charge in [0.15, 0.2) is 0 Å². The minimum atomic E-state index is -0.447. The maximum Gasteiger partial charge on any atom is 0.252 e. The molecule has 2 aromatic rings. The molecule has 0 aliphatic heterocycles. The molecule has 5 nitrogen and oxygen atoms in total. The van der Waals surface area contributed by atoms with Gasteiger partial charge in [-0.3, -0.25) is 0 Å². The third kappa shape index (κ3) is 1.76. The number of rotatable bonds is 2. The van der Waals surface area contributed by atoms with Crippen LogP contribution in [0.15, 0.2) is 24.5 Å². The van der Waals surface area contributed by atoms with Crippen molar-refractivity contribution in [3.05, 3.63) is 41.7 Å². The van der Waals surface area contributed by atoms with Gasteiger partial charge in [-0.05, 0) is 17.7 Å². The van der Waals surface area contributed by atoms with Crippen molar-refractivity contribution in [2.75, 3.05) is 0 Å². The number of nitriles is 1. The van der Waals surface area contributed by atoms with Crippen molar-refractivity contribution in [3.8, 4) is 11.8 Å². The Hall–Kier alpha value is -2.26. The Morgan fingerprint density at radius 2 is 2.31 bits per heavy atom. The van der Waals surface area contributed by atoms with E-state index in [1.165, 1.54) is 17.1 Å². The molecule has 0 saturated carbocycles. The topological polar surface area (TPSA) is 80.5 Å². The summed E-state index contributed by atoms with van der Waals surface area (Å²) >= 11 is 0. The molecule has 1 aromatic carbocycles. The summed E-state index contributed by atoms with van der Waals surface area (Å²) in [6.07, 6.45) is 1.29. The second kappa shape index (κ2) is 4.08. The number of halogens is 1. The van der Waals surface area contributed by atoms with E-state index in [1.54, 1.807) is 18.2 Å². The van der Waals surface area contributed by atoms with Crippen LogP contribution in [-0.4, -0.2) is 14.8 Å². The van der Waals surface area contributed by atoms with Gasteiger partial charge in [0, 0.05) is 6.54 Å². The summed E-state index contributed by atoms with van der Waals surface area (Å²) in [7, 11) is 0. The van der Waals surface area contributed by atoms with E-state index in [2.05, 4.69) is 10.1 Å². The van der Waals surface area contributed by atoms with Gasteiger partial charge in [-0.2, -0.15) is 5.26 Å². The molecule has 16 heavy (non-hydrogen) atoms. The molecule has 2 rings (SSSR count). The second-order valence-electron chi connectivity index (χ2n) is 3.11. The highest BCUT2D eigenvalue weighted by molar-refractivity contribution is 5.35. The first-order valence-electron chi connectivity index (χ1n) is 4.55. The highest BCUT2D eigenvalue weighted by Gasteiger charge is 2.07. The maximum atomic E-state index is 13.6. The van der Waals surface area contributed by atoms with Gasteiger partial charge in [-0.1, -0.05) is 6.07 Å². The predicted octanol–water partition coefficient (Wildman–Crippen LogP) is 0.737. The molecule has 1 aromatic heterocycles. The molecule has 0 aliphatic rings. The highest BCUT2D eigenvalue weighted by atomic mass is 19.1. The second-order valence-corrected chi connectivity index (χ2v) is 3.11. The van der Waals surface area contributed by atoms with Crippen molar-refractivity contribution >= 4 is 0 Å². The molecule has 0 atom stereocenters. The smallest absolute Gasteiger partial charge is 0.252 e. The van der Waals surface area contributed by atoms with E-state index in [-0.39, 0.29) is 18.1 Å². The van der Waals surface area contributed by atoms with Crippen LogP contribution in [0.5, 0.6) is 0 Å². The highest BCUT2D eigenvalue weighted by Crippen LogP contribution is 2.13. The normalized spacial score (nSPS) is 10.1. The zero-order valence-corrected chi connectivity index (χ0v) is 8.26. The van der Waals surface area contributed by atoms with Crippen molar-refractivity contribution in [1.82, 2.24) is 14.8 Å². The van der Waals surface area contributed by atoms with E-state index in [0.29, 0.717) is 5.56 Å². The summed E-state index contributed by atoms with van der Waals surface area (Å²) in [5.74, 6) is -0.445. The lowest BCUT2D eigenvalue weighted by Gasteiger charge is -2.03. The van der Waals surface area contributed by atoms with Crippen LogP contribution < -0.4 is 5.73 Å². The fourth-order valence-corrected chi connectivity index (χ4v) is 1.29. The fourth-order valence-electron chi connectivity index (χ4n) is 1.29. The Morgan fingerprint density at radius 3 is 2.88 bits per heavy atom. The first-order valence-corrected chi connectivity index (χ1v) is 4.55. The SMILES string of the molecule is N#Cc1ncn(-c2ccc(CN)cc2F)n1. The van der Waals surface area contributed by atoms with E-state index in [9.17, 15) is 4.39 Å². The van der Waals surface area contributed by atoms with Crippen LogP contribution in [0.2, 0.25) is 0 Å². The minimum absolute atomic E-state index is 0.00213. The summed E-state index contributed by atoms with van der Waals surface area (Å²) in [4.78, 5) is 3.69. The zero-order valence-electron chi connectivity index (χ0n) is 8.26. The predicted molar refractivity (Wildman–Crippen MR) is 53.9 cm³/mol. The van der Waals surface area contributed by atoms with E-state index in [0.717, 1.165) is 0 Å². The van der Waals surface area contributed by atoms with Crippen LogP contribution in [0.4, 0.5) is 4.39 Å². The van der Waals surface area contributed by atoms with E-state index in [4.69, 9.17) is 11.0 Å². The van der Waals surface area contributed by atoms with Crippen LogP contribution in [-0.2, 0) is 6.54 Å². The molecular weight excluding hydrogens is 209 g/mol. The van der Waals surface area contributed by atoms with Crippen molar-refractivity contribution < 1.29 is 4.39 Å². The van der Waals surface area contributed by atoms with Gasteiger partial charge in [-0.25, -0.2) is 14.1 Å². The third-order valence-corrected chi connectivity index (χ3v) is 2.09. The number of nitrogens with two attached hydrogens (primary N) is 1. The molecule has 2 N–H and O–H groups in total. The Morgan fingerprint density at radius 1 is 1.50 bits per heavy atom. The van der Waals surface area contributed by atoms with E-state index >= 15 is 0 Å². The number of hydrogen-bond donors (Lipinski definition) is 1. The maximum absolute atomic E-state index is 13.6. The summed E-state index contributed by atoms with van der Waals surface area (Å²) in [6, 6.07) is 6.36. The summed E-state index contributed by atoms with van der Waals surface area (Å²) < 4.78 is 14.8. The van der Waals surface area contributed by atoms with Crippen LogP contribution in [0, 0.1) is 17.1 Å². The molecule has 0 fully saturated rings. The minimum Gasteiger partial charge on any atom is -0.326 e. The average Bonchev–Trinajstić information content (AvgIpc) is 2.77. The van der Waals surface area contributed by atoms with Gasteiger partial charge in [0.05, 0.1) is 0 Å². The van der Waals surface area contributed by atoms with Crippen molar-refractivity contribution in [2.45, 2.75) is 6.54 Å². The summed E-state index contributed by atoms with van der Waals surface area (Å²) in [5.41, 5.74) is 6.33. The van der Waals surface area contributed by atoms with Gasteiger partial charge in [-0.15, -0.1) is 5.10 Å². The van der Waals surface area contributed by atoms with Gasteiger partial charge in [0.1, 0.15) is 23.9 Å². The quantitative estimate of drug-likeness (QED) is 0.804. The molecule has 0 radical (unpaired) electrons. The largest absolute Gasteiger partial charge is 0.326 e. The molecule has 0 bridgehead atoms. The third-order valence-electron chi connectivity index (χ3n) is 2.09. The molecule has 0 spiro atoms. The van der Waals surface area contributed by atoms with Crippen molar-refractivity contribution in [1.29, 1.82) is 5.26 Å². The molecule has 0 aliphatic carbocycles. The zero-order chi connectivity index (χ0) is 11.5. The summed E-state index contributed by atoms with van der Waals surface area (Å²) in [5, 5.41) is 12.3. The van der Waals surface area contributed by atoms with Crippen molar-refractivity contribution in [3.63, 3.8) is 0 Å². The average molecular weight is 217 g/mol. The Labute approximate surface area is 90.9 Å². The Bertz CT molecular complexity index is 555. The summed E-state index contributed by atoms with van der Waals surface area (Å²) in [6.45, 7) is 0.276. The molecule has 80 valence electrons. The standard InChI is InChI=1S/C10H8FN5/c11-8-3-7(4-12)1-2-9(8)16-6-14-10(5-13)15-16/h1-3,6H,4,12H2. The van der Waals surface area contributed by atoms with Gasteiger partial charge >= 0.3 is 0 Å². The molecule has 0 saturated heterocycles. The Balaban J connectivity index is 2.45. The fraction of sp³-hybridized carbons (Fsp3) is 0.100. The van der Waals surface area contributed by atoms with Gasteiger partial charge < -0.3 is 5.73 Å². The number of aromatic nitrogens is 3. The molecule has 1 heterocycles. The van der Waals surface area contributed by atoms with Crippen LogP contribution >= 0.6 is 0 Å². The van der Waals surface area contributed by atoms with E-state index < -0.39 is 5.82 Å². The lowest BCUT2D eigenvalue weighted by molar-refractivity contribution is 0.608. The molecule has 0 amide bonds. The molecule has 6 heteroatoms. The van der Waals surface area contributed by atoms with Crippen LogP contribution in [0.1, 0.15) is 11.4 Å². The molecule has 0 unspecified atom stereocenters. The van der Waals surface area contributed by atoms with Crippen molar-refractivity contribution in [2.24, 2.45) is 5.73 Å². The molecular formula is C10H8FN5. The number of benzene rings is 1. The number of nitrogens with zero attached hydrogens (tertiary/aromatic N) is 4. The first kappa shape index (κ1) is 10.3. The van der Waals surface area contributed by atoms with Gasteiger partial charge in [0.2, 0.25) is 0 Å². The number of hydrogen-bond acceptors (Lipinski definition) is 4.